The minimum absolute atomic E-state index is 0.146. The fraction of sp³-hybridized carbons (Fsp3) is 0.0909. The molecule has 2 rings (SSSR count). The molecule has 86 valence electrons. The van der Waals surface area contributed by atoms with Crippen molar-refractivity contribution < 1.29 is 9.90 Å². The fourth-order valence-electron chi connectivity index (χ4n) is 1.28. The Hall–Kier alpha value is -2.50. The molecule has 0 saturated heterocycles. The summed E-state index contributed by atoms with van der Waals surface area (Å²) in [5, 5.41) is 14.9. The van der Waals surface area contributed by atoms with Crippen LogP contribution in [-0.2, 0) is 4.79 Å². The number of aliphatic carboxylic acids is 1. The van der Waals surface area contributed by atoms with Crippen LogP contribution in [-0.4, -0.2) is 21.6 Å². The Morgan fingerprint density at radius 2 is 2.12 bits per heavy atom. The molecule has 0 spiro atoms. The molecule has 0 fully saturated rings. The van der Waals surface area contributed by atoms with Crippen LogP contribution in [0.1, 0.15) is 6.92 Å². The number of carbonyl (C=O) groups is 1. The van der Waals surface area contributed by atoms with Crippen LogP contribution in [0.4, 0.5) is 5.82 Å². The van der Waals surface area contributed by atoms with Gasteiger partial charge in [-0.3, -0.25) is 5.43 Å². The van der Waals surface area contributed by atoms with Gasteiger partial charge >= 0.3 is 0 Å². The van der Waals surface area contributed by atoms with Gasteiger partial charge in [-0.15, -0.1) is 0 Å². The number of aromatic nitrogens is 2. The first-order valence-electron chi connectivity index (χ1n) is 4.90. The molecule has 0 aliphatic heterocycles. The van der Waals surface area contributed by atoms with Crippen LogP contribution in [0.15, 0.2) is 35.7 Å². The minimum atomic E-state index is -1.32. The second kappa shape index (κ2) is 4.56. The smallest absolute Gasteiger partial charge is 0.157 e. The highest BCUT2D eigenvalue weighted by Crippen LogP contribution is 2.17. The highest BCUT2D eigenvalue weighted by atomic mass is 16.4. The highest BCUT2D eigenvalue weighted by Gasteiger charge is 2.01. The number of rotatable bonds is 3. The molecule has 1 aromatic heterocycles. The van der Waals surface area contributed by atoms with Gasteiger partial charge in [-0.05, 0) is 19.1 Å². The molecule has 0 atom stereocenters. The van der Waals surface area contributed by atoms with Gasteiger partial charge in [0.2, 0.25) is 0 Å². The Bertz CT molecular complexity index is 590. The summed E-state index contributed by atoms with van der Waals surface area (Å²) in [7, 11) is 0. The standard InChI is InChI=1S/C11H10N4O2/c1-7(11(16)17)14-15-10-8-4-2-3-5-9(8)12-6-13-10/h2-6H,1H3,(H,16,17)(H,12,13,15)/p-1/b14-7-. The number of benzene rings is 1. The van der Waals surface area contributed by atoms with E-state index in [2.05, 4.69) is 20.5 Å². The summed E-state index contributed by atoms with van der Waals surface area (Å²) in [5.74, 6) is -0.868. The van der Waals surface area contributed by atoms with Crippen molar-refractivity contribution in [3.63, 3.8) is 0 Å². The third-order valence-corrected chi connectivity index (χ3v) is 2.17. The van der Waals surface area contributed by atoms with E-state index in [-0.39, 0.29) is 5.71 Å². The van der Waals surface area contributed by atoms with Crippen LogP contribution in [0, 0.1) is 0 Å². The van der Waals surface area contributed by atoms with Gasteiger partial charge in [-0.2, -0.15) is 5.10 Å². The van der Waals surface area contributed by atoms with Gasteiger partial charge in [0.25, 0.3) is 0 Å². The molecule has 0 unspecified atom stereocenters. The quantitative estimate of drug-likeness (QED) is 0.598. The lowest BCUT2D eigenvalue weighted by atomic mass is 10.2. The van der Waals surface area contributed by atoms with E-state index < -0.39 is 5.97 Å². The maximum absolute atomic E-state index is 10.5. The van der Waals surface area contributed by atoms with Crippen molar-refractivity contribution in [2.45, 2.75) is 6.92 Å². The molecule has 0 aliphatic rings. The van der Waals surface area contributed by atoms with Gasteiger partial charge in [0.1, 0.15) is 6.33 Å². The number of carboxylic acids is 1. The van der Waals surface area contributed by atoms with Crippen molar-refractivity contribution in [2.75, 3.05) is 5.43 Å². The summed E-state index contributed by atoms with van der Waals surface area (Å²) >= 11 is 0. The zero-order chi connectivity index (χ0) is 12.3. The topological polar surface area (TPSA) is 90.3 Å². The summed E-state index contributed by atoms with van der Waals surface area (Å²) in [6, 6.07) is 7.35. The number of para-hydroxylation sites is 1. The first kappa shape index (κ1) is 11.0. The van der Waals surface area contributed by atoms with Crippen molar-refractivity contribution in [3.8, 4) is 0 Å². The SMILES string of the molecule is C/C(=N/Nc1ncnc2ccccc12)C(=O)[O-]. The summed E-state index contributed by atoms with van der Waals surface area (Å²) in [6.45, 7) is 1.34. The lowest BCUT2D eigenvalue weighted by molar-refractivity contribution is -0.294. The normalized spacial score (nSPS) is 11.5. The van der Waals surface area contributed by atoms with Gasteiger partial charge in [0, 0.05) is 5.39 Å². The molecule has 2 aromatic rings. The minimum Gasteiger partial charge on any atom is -0.543 e. The summed E-state index contributed by atoms with van der Waals surface area (Å²) < 4.78 is 0. The lowest BCUT2D eigenvalue weighted by Gasteiger charge is -2.05. The molecular formula is C11H9N4O2-. The number of hydrazone groups is 1. The first-order valence-corrected chi connectivity index (χ1v) is 4.90. The number of carbonyl (C=O) groups excluding carboxylic acids is 1. The highest BCUT2D eigenvalue weighted by molar-refractivity contribution is 6.33. The van der Waals surface area contributed by atoms with Gasteiger partial charge in [-0.25, -0.2) is 9.97 Å². The van der Waals surface area contributed by atoms with Crippen molar-refractivity contribution in [1.29, 1.82) is 0 Å². The average molecular weight is 229 g/mol. The molecule has 0 radical (unpaired) electrons. The first-order chi connectivity index (χ1) is 8.18. The zero-order valence-electron chi connectivity index (χ0n) is 9.04. The predicted molar refractivity (Wildman–Crippen MR) is 61.3 cm³/mol. The second-order valence-electron chi connectivity index (χ2n) is 3.34. The molecule has 0 saturated carbocycles. The molecule has 6 nitrogen and oxygen atoms in total. The van der Waals surface area contributed by atoms with Crippen LogP contribution in [0.5, 0.6) is 0 Å². The molecule has 1 N–H and O–H groups in total. The van der Waals surface area contributed by atoms with E-state index in [1.165, 1.54) is 13.3 Å². The number of anilines is 1. The van der Waals surface area contributed by atoms with E-state index in [1.807, 2.05) is 24.3 Å². The Kier molecular flexibility index (Phi) is 2.95. The van der Waals surface area contributed by atoms with E-state index in [0.29, 0.717) is 5.82 Å². The fourth-order valence-corrected chi connectivity index (χ4v) is 1.28. The molecule has 1 aromatic carbocycles. The van der Waals surface area contributed by atoms with Gasteiger partial charge in [0.15, 0.2) is 5.82 Å². The molecule has 0 aliphatic carbocycles. The average Bonchev–Trinajstić information content (AvgIpc) is 2.35. The van der Waals surface area contributed by atoms with E-state index in [9.17, 15) is 9.90 Å². The third-order valence-electron chi connectivity index (χ3n) is 2.17. The van der Waals surface area contributed by atoms with Crippen LogP contribution in [0.25, 0.3) is 10.9 Å². The number of nitrogens with zero attached hydrogens (tertiary/aromatic N) is 3. The number of nitrogens with one attached hydrogen (secondary N) is 1. The summed E-state index contributed by atoms with van der Waals surface area (Å²) in [4.78, 5) is 18.5. The van der Waals surface area contributed by atoms with E-state index >= 15 is 0 Å². The van der Waals surface area contributed by atoms with Crippen LogP contribution >= 0.6 is 0 Å². The van der Waals surface area contributed by atoms with Gasteiger partial charge in [0.05, 0.1) is 17.2 Å². The maximum atomic E-state index is 10.5. The molecule has 1 heterocycles. The van der Waals surface area contributed by atoms with E-state index in [1.54, 1.807) is 0 Å². The predicted octanol–water partition coefficient (Wildman–Crippen LogP) is 0.167. The third kappa shape index (κ3) is 2.36. The van der Waals surface area contributed by atoms with Crippen molar-refractivity contribution in [1.82, 2.24) is 9.97 Å². The zero-order valence-corrected chi connectivity index (χ0v) is 9.04. The second-order valence-corrected chi connectivity index (χ2v) is 3.34. The number of hydrogen-bond donors (Lipinski definition) is 1. The van der Waals surface area contributed by atoms with Crippen LogP contribution in [0.3, 0.4) is 0 Å². The maximum Gasteiger partial charge on any atom is 0.157 e. The summed E-state index contributed by atoms with van der Waals surface area (Å²) in [6.07, 6.45) is 1.38. The van der Waals surface area contributed by atoms with Crippen molar-refractivity contribution in [3.05, 3.63) is 30.6 Å². The van der Waals surface area contributed by atoms with E-state index in [0.717, 1.165) is 10.9 Å². The van der Waals surface area contributed by atoms with Crippen molar-refractivity contribution >= 4 is 28.4 Å². The molecule has 17 heavy (non-hydrogen) atoms. The van der Waals surface area contributed by atoms with E-state index in [4.69, 9.17) is 0 Å². The van der Waals surface area contributed by atoms with Gasteiger partial charge < -0.3 is 9.90 Å². The largest absolute Gasteiger partial charge is 0.543 e. The number of fused-ring (bicyclic) bond motifs is 1. The van der Waals surface area contributed by atoms with Crippen LogP contribution < -0.4 is 10.5 Å². The Morgan fingerprint density at radius 3 is 2.88 bits per heavy atom. The molecule has 0 bridgehead atoms. The molecule has 0 amide bonds. The molecule has 6 heteroatoms. The van der Waals surface area contributed by atoms with Gasteiger partial charge in [-0.1, -0.05) is 12.1 Å². The Labute approximate surface area is 97.0 Å². The number of carboxylic acid groups (broad SMARTS) is 1. The Balaban J connectivity index is 2.37. The summed E-state index contributed by atoms with van der Waals surface area (Å²) in [5.41, 5.74) is 3.19. The Morgan fingerprint density at radius 1 is 1.35 bits per heavy atom. The monoisotopic (exact) mass is 229 g/mol. The number of hydrogen-bond acceptors (Lipinski definition) is 6. The van der Waals surface area contributed by atoms with Crippen LogP contribution in [0.2, 0.25) is 0 Å². The van der Waals surface area contributed by atoms with Crippen molar-refractivity contribution in [2.24, 2.45) is 5.10 Å². The lowest BCUT2D eigenvalue weighted by Crippen LogP contribution is -2.30. The molecular weight excluding hydrogens is 220 g/mol.